The number of nitrogens with two attached hydrogens (primary N) is 1. The van der Waals surface area contributed by atoms with Crippen molar-refractivity contribution in [3.8, 4) is 0 Å². The molecule has 2 aromatic rings. The van der Waals surface area contributed by atoms with Crippen LogP contribution in [0.4, 0.5) is 5.82 Å². The number of nitrogens with zero attached hydrogens (tertiary/aromatic N) is 3. The lowest BCUT2D eigenvalue weighted by molar-refractivity contribution is 0.888. The predicted octanol–water partition coefficient (Wildman–Crippen LogP) is 1.38. The minimum absolute atomic E-state index is 0.508. The lowest BCUT2D eigenvalue weighted by Gasteiger charge is -1.97. The zero-order valence-corrected chi connectivity index (χ0v) is 8.04. The second-order valence-electron chi connectivity index (χ2n) is 2.56. The van der Waals surface area contributed by atoms with Crippen LogP contribution in [0.15, 0.2) is 17.0 Å². The zero-order chi connectivity index (χ0) is 8.72. The molecule has 0 fully saturated rings. The molecule has 0 amide bonds. The maximum atomic E-state index is 5.68. The van der Waals surface area contributed by atoms with Gasteiger partial charge >= 0.3 is 0 Å². The van der Waals surface area contributed by atoms with Crippen LogP contribution in [0.1, 0.15) is 5.56 Å². The first-order chi connectivity index (χ1) is 5.70. The van der Waals surface area contributed by atoms with E-state index in [-0.39, 0.29) is 0 Å². The summed E-state index contributed by atoms with van der Waals surface area (Å²) in [5.41, 5.74) is 7.61. The maximum Gasteiger partial charge on any atom is 0.151 e. The van der Waals surface area contributed by atoms with Crippen molar-refractivity contribution >= 4 is 27.3 Å². The lowest BCUT2D eigenvalue weighted by Crippen LogP contribution is -1.99. The summed E-state index contributed by atoms with van der Waals surface area (Å²) in [6.07, 6.45) is 1.44. The van der Waals surface area contributed by atoms with Gasteiger partial charge in [0, 0.05) is 0 Å². The Bertz CT molecular complexity index is 434. The molecular weight excluding hydrogens is 220 g/mol. The van der Waals surface area contributed by atoms with E-state index in [1.54, 1.807) is 4.52 Å². The first-order valence-electron chi connectivity index (χ1n) is 3.44. The van der Waals surface area contributed by atoms with Crippen LogP contribution in [-0.2, 0) is 0 Å². The Morgan fingerprint density at radius 2 is 2.33 bits per heavy atom. The van der Waals surface area contributed by atoms with Crippen molar-refractivity contribution in [2.24, 2.45) is 0 Å². The van der Waals surface area contributed by atoms with Crippen LogP contribution >= 0.6 is 15.9 Å². The lowest BCUT2D eigenvalue weighted by atomic mass is 10.3. The van der Waals surface area contributed by atoms with Gasteiger partial charge in [-0.2, -0.15) is 5.10 Å². The van der Waals surface area contributed by atoms with Crippen molar-refractivity contribution in [1.82, 2.24) is 14.6 Å². The average molecular weight is 227 g/mol. The Hall–Kier alpha value is -1.10. The molecule has 0 bridgehead atoms. The summed E-state index contributed by atoms with van der Waals surface area (Å²) < 4.78 is 2.61. The molecular formula is C7H7BrN4. The molecule has 0 radical (unpaired) electrons. The van der Waals surface area contributed by atoms with Gasteiger partial charge in [0.15, 0.2) is 5.82 Å². The summed E-state index contributed by atoms with van der Waals surface area (Å²) in [5, 5.41) is 4.04. The fourth-order valence-electron chi connectivity index (χ4n) is 1.21. The number of nitrogen functional groups attached to an aromatic ring is 1. The molecule has 12 heavy (non-hydrogen) atoms. The first-order valence-corrected chi connectivity index (χ1v) is 4.24. The van der Waals surface area contributed by atoms with Gasteiger partial charge in [-0.3, -0.25) is 0 Å². The Kier molecular flexibility index (Phi) is 1.54. The fraction of sp³-hybridized carbons (Fsp3) is 0.143. The van der Waals surface area contributed by atoms with E-state index in [2.05, 4.69) is 26.0 Å². The van der Waals surface area contributed by atoms with Gasteiger partial charge in [-0.05, 0) is 34.5 Å². The van der Waals surface area contributed by atoms with Crippen LogP contribution in [0.5, 0.6) is 0 Å². The van der Waals surface area contributed by atoms with Gasteiger partial charge in [0.2, 0.25) is 0 Å². The summed E-state index contributed by atoms with van der Waals surface area (Å²) in [6, 6.07) is 1.96. The Morgan fingerprint density at radius 1 is 1.58 bits per heavy atom. The minimum atomic E-state index is 0.508. The Morgan fingerprint density at radius 3 is 3.00 bits per heavy atom. The molecule has 0 atom stereocenters. The smallest absolute Gasteiger partial charge is 0.151 e. The third-order valence-electron chi connectivity index (χ3n) is 1.73. The molecule has 0 spiro atoms. The highest BCUT2D eigenvalue weighted by Crippen LogP contribution is 2.22. The average Bonchev–Trinajstić information content (AvgIpc) is 2.29. The van der Waals surface area contributed by atoms with E-state index in [1.165, 1.54) is 6.33 Å². The summed E-state index contributed by atoms with van der Waals surface area (Å²) in [6.45, 7) is 1.97. The fourth-order valence-corrected chi connectivity index (χ4v) is 1.82. The number of hydrogen-bond acceptors (Lipinski definition) is 3. The molecule has 2 N–H and O–H groups in total. The second-order valence-corrected chi connectivity index (χ2v) is 3.37. The molecule has 2 heterocycles. The van der Waals surface area contributed by atoms with Crippen molar-refractivity contribution in [2.75, 3.05) is 5.73 Å². The number of aromatic nitrogens is 3. The van der Waals surface area contributed by atoms with Crippen LogP contribution in [0.3, 0.4) is 0 Å². The largest absolute Gasteiger partial charge is 0.382 e. The van der Waals surface area contributed by atoms with E-state index >= 15 is 0 Å². The van der Waals surface area contributed by atoms with E-state index < -0.39 is 0 Å². The SMILES string of the molecule is Cc1cc(Br)n2ncnc(N)c12. The van der Waals surface area contributed by atoms with Crippen LogP contribution in [-0.4, -0.2) is 14.6 Å². The summed E-state index contributed by atoms with van der Waals surface area (Å²) >= 11 is 3.37. The van der Waals surface area contributed by atoms with Gasteiger partial charge in [-0.25, -0.2) is 9.50 Å². The molecule has 0 aliphatic rings. The minimum Gasteiger partial charge on any atom is -0.382 e. The van der Waals surface area contributed by atoms with Crippen molar-refractivity contribution in [3.05, 3.63) is 22.6 Å². The molecule has 0 aromatic carbocycles. The molecule has 0 saturated heterocycles. The van der Waals surface area contributed by atoms with E-state index in [9.17, 15) is 0 Å². The maximum absolute atomic E-state index is 5.68. The first kappa shape index (κ1) is 7.54. The zero-order valence-electron chi connectivity index (χ0n) is 6.45. The van der Waals surface area contributed by atoms with Gasteiger partial charge in [-0.15, -0.1) is 0 Å². The van der Waals surface area contributed by atoms with Gasteiger partial charge in [-0.1, -0.05) is 0 Å². The summed E-state index contributed by atoms with van der Waals surface area (Å²) in [4.78, 5) is 3.91. The molecule has 2 aromatic heterocycles. The van der Waals surface area contributed by atoms with Crippen molar-refractivity contribution in [1.29, 1.82) is 0 Å². The number of rotatable bonds is 0. The third-order valence-corrected chi connectivity index (χ3v) is 2.29. The van der Waals surface area contributed by atoms with Crippen molar-refractivity contribution in [3.63, 3.8) is 0 Å². The molecule has 0 saturated carbocycles. The van der Waals surface area contributed by atoms with Crippen LogP contribution in [0, 0.1) is 6.92 Å². The molecule has 4 nitrogen and oxygen atoms in total. The summed E-state index contributed by atoms with van der Waals surface area (Å²) in [7, 11) is 0. The molecule has 0 unspecified atom stereocenters. The highest BCUT2D eigenvalue weighted by atomic mass is 79.9. The van der Waals surface area contributed by atoms with E-state index in [1.807, 2.05) is 13.0 Å². The standard InChI is InChI=1S/C7H7BrN4/c1-4-2-5(8)12-6(4)7(9)10-3-11-12/h2-3H,1H3,(H2,9,10,11). The van der Waals surface area contributed by atoms with Crippen molar-refractivity contribution < 1.29 is 0 Å². The van der Waals surface area contributed by atoms with E-state index in [0.717, 1.165) is 15.7 Å². The summed E-state index contributed by atoms with van der Waals surface area (Å²) in [5.74, 6) is 0.508. The number of hydrogen-bond donors (Lipinski definition) is 1. The Labute approximate surface area is 77.5 Å². The normalized spacial score (nSPS) is 10.8. The quantitative estimate of drug-likeness (QED) is 0.739. The predicted molar refractivity (Wildman–Crippen MR) is 49.8 cm³/mol. The number of aryl methyl sites for hydroxylation is 1. The Balaban J connectivity index is 2.99. The van der Waals surface area contributed by atoms with E-state index in [4.69, 9.17) is 5.73 Å². The molecule has 2 rings (SSSR count). The molecule has 0 aliphatic heterocycles. The van der Waals surface area contributed by atoms with Gasteiger partial charge in [0.1, 0.15) is 16.4 Å². The number of halogens is 1. The van der Waals surface area contributed by atoms with E-state index in [0.29, 0.717) is 5.82 Å². The second kappa shape index (κ2) is 2.45. The number of fused-ring (bicyclic) bond motifs is 1. The molecule has 5 heteroatoms. The molecule has 0 aliphatic carbocycles. The monoisotopic (exact) mass is 226 g/mol. The number of anilines is 1. The highest BCUT2D eigenvalue weighted by molar-refractivity contribution is 9.10. The van der Waals surface area contributed by atoms with Crippen LogP contribution < -0.4 is 5.73 Å². The molecule has 62 valence electrons. The topological polar surface area (TPSA) is 56.2 Å². The van der Waals surface area contributed by atoms with Crippen molar-refractivity contribution in [2.45, 2.75) is 6.92 Å². The van der Waals surface area contributed by atoms with Gasteiger partial charge in [0.25, 0.3) is 0 Å². The van der Waals surface area contributed by atoms with Crippen LogP contribution in [0.25, 0.3) is 5.52 Å². The van der Waals surface area contributed by atoms with Crippen LogP contribution in [0.2, 0.25) is 0 Å². The van der Waals surface area contributed by atoms with Gasteiger partial charge < -0.3 is 5.73 Å². The third kappa shape index (κ3) is 0.896. The highest BCUT2D eigenvalue weighted by Gasteiger charge is 2.07. The van der Waals surface area contributed by atoms with Gasteiger partial charge in [0.05, 0.1) is 0 Å².